The Kier molecular flexibility index (Phi) is 5.41. The lowest BCUT2D eigenvalue weighted by Crippen LogP contribution is -2.32. The third kappa shape index (κ3) is 4.51. The molecule has 2 N–H and O–H groups in total. The quantitative estimate of drug-likeness (QED) is 0.805. The van der Waals surface area contributed by atoms with Gasteiger partial charge in [0.05, 0.1) is 5.69 Å². The molecule has 0 saturated carbocycles. The van der Waals surface area contributed by atoms with Crippen molar-refractivity contribution in [3.8, 4) is 0 Å². The molecule has 22 heavy (non-hydrogen) atoms. The van der Waals surface area contributed by atoms with Gasteiger partial charge in [-0.1, -0.05) is 18.2 Å². The lowest BCUT2D eigenvalue weighted by Gasteiger charge is -2.19. The molecule has 0 bridgehead atoms. The Morgan fingerprint density at radius 3 is 2.68 bits per heavy atom. The number of anilines is 2. The van der Waals surface area contributed by atoms with E-state index in [0.29, 0.717) is 12.4 Å². The van der Waals surface area contributed by atoms with Gasteiger partial charge in [0.25, 0.3) is 0 Å². The maximum atomic E-state index is 11.8. The molecule has 0 saturated heterocycles. The predicted octanol–water partition coefficient (Wildman–Crippen LogP) is 2.38. The standard InChI is InChI=1S/C16H23N5O/c1-13-12-15(21(3)19-13)18-16(22)17-10-7-11-20(2)14-8-5-4-6-9-14/h4-6,8-9,12H,7,10-11H2,1-3H3,(H2,17,18,22). The normalized spacial score (nSPS) is 10.3. The number of amides is 2. The number of benzene rings is 1. The van der Waals surface area contributed by atoms with E-state index in [1.807, 2.05) is 38.2 Å². The Labute approximate surface area is 131 Å². The van der Waals surface area contributed by atoms with Crippen molar-refractivity contribution in [2.45, 2.75) is 13.3 Å². The van der Waals surface area contributed by atoms with Crippen LogP contribution in [0, 0.1) is 6.92 Å². The zero-order valence-electron chi connectivity index (χ0n) is 13.3. The Bertz CT molecular complexity index is 608. The van der Waals surface area contributed by atoms with Crippen LogP contribution in [0.25, 0.3) is 0 Å². The van der Waals surface area contributed by atoms with Crippen LogP contribution in [0.2, 0.25) is 0 Å². The number of para-hydroxylation sites is 1. The van der Waals surface area contributed by atoms with E-state index in [1.165, 1.54) is 5.69 Å². The highest BCUT2D eigenvalue weighted by Crippen LogP contribution is 2.10. The average Bonchev–Trinajstić information content (AvgIpc) is 2.82. The molecule has 1 aromatic carbocycles. The highest BCUT2D eigenvalue weighted by molar-refractivity contribution is 5.88. The van der Waals surface area contributed by atoms with Gasteiger partial charge in [-0.25, -0.2) is 4.79 Å². The van der Waals surface area contributed by atoms with Crippen LogP contribution < -0.4 is 15.5 Å². The van der Waals surface area contributed by atoms with Crippen LogP contribution in [-0.4, -0.2) is 35.9 Å². The maximum absolute atomic E-state index is 11.8. The molecule has 118 valence electrons. The van der Waals surface area contributed by atoms with Crippen molar-refractivity contribution < 1.29 is 4.79 Å². The fourth-order valence-electron chi connectivity index (χ4n) is 2.22. The van der Waals surface area contributed by atoms with Gasteiger partial charge in [-0.15, -0.1) is 0 Å². The summed E-state index contributed by atoms with van der Waals surface area (Å²) in [7, 11) is 3.85. The van der Waals surface area contributed by atoms with Crippen LogP contribution in [0.15, 0.2) is 36.4 Å². The second-order valence-corrected chi connectivity index (χ2v) is 5.29. The van der Waals surface area contributed by atoms with Gasteiger partial charge in [-0.3, -0.25) is 10.00 Å². The summed E-state index contributed by atoms with van der Waals surface area (Å²) in [6, 6.07) is 11.8. The number of hydrogen-bond acceptors (Lipinski definition) is 3. The first-order valence-electron chi connectivity index (χ1n) is 7.38. The summed E-state index contributed by atoms with van der Waals surface area (Å²) < 4.78 is 1.65. The summed E-state index contributed by atoms with van der Waals surface area (Å²) in [4.78, 5) is 14.0. The first kappa shape index (κ1) is 15.9. The molecule has 2 amide bonds. The van der Waals surface area contributed by atoms with Crippen molar-refractivity contribution in [3.63, 3.8) is 0 Å². The minimum absolute atomic E-state index is 0.203. The van der Waals surface area contributed by atoms with Gasteiger partial charge in [0.1, 0.15) is 5.82 Å². The number of nitrogens with one attached hydrogen (secondary N) is 2. The number of carbonyl (C=O) groups is 1. The predicted molar refractivity (Wildman–Crippen MR) is 89.3 cm³/mol. The van der Waals surface area contributed by atoms with Crippen LogP contribution >= 0.6 is 0 Å². The topological polar surface area (TPSA) is 62.2 Å². The monoisotopic (exact) mass is 301 g/mol. The summed E-state index contributed by atoms with van der Waals surface area (Å²) in [6.07, 6.45) is 0.878. The molecule has 0 aliphatic carbocycles. The molecule has 2 aromatic rings. The molecule has 0 radical (unpaired) electrons. The molecule has 1 aromatic heterocycles. The Balaban J connectivity index is 1.68. The number of urea groups is 1. The first-order chi connectivity index (χ1) is 10.6. The second-order valence-electron chi connectivity index (χ2n) is 5.29. The molecular formula is C16H23N5O. The van der Waals surface area contributed by atoms with Crippen molar-refractivity contribution in [1.82, 2.24) is 15.1 Å². The molecule has 0 aliphatic heterocycles. The van der Waals surface area contributed by atoms with E-state index in [0.717, 1.165) is 18.7 Å². The number of carbonyl (C=O) groups excluding carboxylic acids is 1. The minimum Gasteiger partial charge on any atom is -0.375 e. The van der Waals surface area contributed by atoms with Gasteiger partial charge < -0.3 is 10.2 Å². The molecule has 1 heterocycles. The van der Waals surface area contributed by atoms with E-state index in [2.05, 4.69) is 32.8 Å². The lowest BCUT2D eigenvalue weighted by atomic mass is 10.3. The largest absolute Gasteiger partial charge is 0.375 e. The third-order valence-corrected chi connectivity index (χ3v) is 3.40. The van der Waals surface area contributed by atoms with Crippen LogP contribution in [0.4, 0.5) is 16.3 Å². The van der Waals surface area contributed by atoms with Crippen molar-refractivity contribution in [1.29, 1.82) is 0 Å². The van der Waals surface area contributed by atoms with Gasteiger partial charge in [0.15, 0.2) is 0 Å². The fraction of sp³-hybridized carbons (Fsp3) is 0.375. The van der Waals surface area contributed by atoms with E-state index in [1.54, 1.807) is 11.7 Å². The molecule has 0 atom stereocenters. The number of hydrogen-bond donors (Lipinski definition) is 2. The summed E-state index contributed by atoms with van der Waals surface area (Å²) >= 11 is 0. The number of rotatable bonds is 6. The number of aryl methyl sites for hydroxylation is 2. The smallest absolute Gasteiger partial charge is 0.320 e. The first-order valence-corrected chi connectivity index (χ1v) is 7.38. The molecule has 6 nitrogen and oxygen atoms in total. The summed E-state index contributed by atoms with van der Waals surface area (Å²) in [5, 5.41) is 9.83. The highest BCUT2D eigenvalue weighted by Gasteiger charge is 2.06. The molecule has 6 heteroatoms. The van der Waals surface area contributed by atoms with Crippen LogP contribution in [-0.2, 0) is 7.05 Å². The molecule has 0 fully saturated rings. The van der Waals surface area contributed by atoms with Crippen molar-refractivity contribution in [3.05, 3.63) is 42.1 Å². The molecule has 0 aliphatic rings. The van der Waals surface area contributed by atoms with E-state index < -0.39 is 0 Å². The van der Waals surface area contributed by atoms with Gasteiger partial charge in [-0.2, -0.15) is 5.10 Å². The van der Waals surface area contributed by atoms with Crippen LogP contribution in [0.5, 0.6) is 0 Å². The van der Waals surface area contributed by atoms with Crippen LogP contribution in [0.3, 0.4) is 0 Å². The van der Waals surface area contributed by atoms with Crippen molar-refractivity contribution in [2.24, 2.45) is 7.05 Å². The molecule has 2 rings (SSSR count). The summed E-state index contributed by atoms with van der Waals surface area (Å²) in [5.74, 6) is 0.691. The second kappa shape index (κ2) is 7.49. The maximum Gasteiger partial charge on any atom is 0.320 e. The zero-order valence-corrected chi connectivity index (χ0v) is 13.3. The number of nitrogens with zero attached hydrogens (tertiary/aromatic N) is 3. The van der Waals surface area contributed by atoms with Gasteiger partial charge in [-0.05, 0) is 25.5 Å². The third-order valence-electron chi connectivity index (χ3n) is 3.40. The molecule has 0 unspecified atom stereocenters. The number of aromatic nitrogens is 2. The Hall–Kier alpha value is -2.50. The molecule has 0 spiro atoms. The molecular weight excluding hydrogens is 278 g/mol. The average molecular weight is 301 g/mol. The summed E-state index contributed by atoms with van der Waals surface area (Å²) in [6.45, 7) is 3.40. The van der Waals surface area contributed by atoms with Crippen LogP contribution in [0.1, 0.15) is 12.1 Å². The van der Waals surface area contributed by atoms with E-state index >= 15 is 0 Å². The summed E-state index contributed by atoms with van der Waals surface area (Å²) in [5.41, 5.74) is 2.06. The van der Waals surface area contributed by atoms with Crippen molar-refractivity contribution >= 4 is 17.5 Å². The van der Waals surface area contributed by atoms with Crippen molar-refractivity contribution in [2.75, 3.05) is 30.4 Å². The SMILES string of the molecule is Cc1cc(NC(=O)NCCCN(C)c2ccccc2)n(C)n1. The van der Waals surface area contributed by atoms with Gasteiger partial charge in [0.2, 0.25) is 0 Å². The lowest BCUT2D eigenvalue weighted by molar-refractivity contribution is 0.252. The fourth-order valence-corrected chi connectivity index (χ4v) is 2.22. The van der Waals surface area contributed by atoms with Gasteiger partial charge >= 0.3 is 6.03 Å². The van der Waals surface area contributed by atoms with E-state index in [-0.39, 0.29) is 6.03 Å². The van der Waals surface area contributed by atoms with E-state index in [9.17, 15) is 4.79 Å². The van der Waals surface area contributed by atoms with Gasteiger partial charge in [0, 0.05) is 38.9 Å². The Morgan fingerprint density at radius 2 is 2.05 bits per heavy atom. The Morgan fingerprint density at radius 1 is 1.32 bits per heavy atom. The minimum atomic E-state index is -0.203. The van der Waals surface area contributed by atoms with E-state index in [4.69, 9.17) is 0 Å². The zero-order chi connectivity index (χ0) is 15.9. The highest BCUT2D eigenvalue weighted by atomic mass is 16.2.